The van der Waals surface area contributed by atoms with Crippen LogP contribution in [0.4, 0.5) is 5.69 Å². The van der Waals surface area contributed by atoms with Crippen molar-refractivity contribution >= 4 is 29.4 Å². The Balaban J connectivity index is 1.86. The first-order chi connectivity index (χ1) is 11.5. The van der Waals surface area contributed by atoms with Gasteiger partial charge in [0.15, 0.2) is 6.10 Å². The molecule has 0 saturated heterocycles. The van der Waals surface area contributed by atoms with Gasteiger partial charge in [-0.25, -0.2) is 5.43 Å². The van der Waals surface area contributed by atoms with Crippen molar-refractivity contribution in [2.24, 2.45) is 5.10 Å². The predicted octanol–water partition coefficient (Wildman–Crippen LogP) is 3.32. The number of benzene rings is 2. The minimum atomic E-state index is -0.667. The molecule has 0 aliphatic carbocycles. The highest BCUT2D eigenvalue weighted by Crippen LogP contribution is 2.16. The van der Waals surface area contributed by atoms with E-state index in [1.807, 2.05) is 43.3 Å². The molecule has 1 amide bonds. The van der Waals surface area contributed by atoms with Gasteiger partial charge in [0.1, 0.15) is 5.75 Å². The summed E-state index contributed by atoms with van der Waals surface area (Å²) in [5.41, 5.74) is 4.46. The van der Waals surface area contributed by atoms with Crippen LogP contribution in [0.25, 0.3) is 0 Å². The quantitative estimate of drug-likeness (QED) is 0.645. The smallest absolute Gasteiger partial charge is 0.280 e. The van der Waals surface area contributed by atoms with Gasteiger partial charge in [-0.15, -0.1) is 0 Å². The van der Waals surface area contributed by atoms with Gasteiger partial charge in [-0.1, -0.05) is 23.7 Å². The van der Waals surface area contributed by atoms with Crippen LogP contribution >= 0.6 is 11.6 Å². The Morgan fingerprint density at radius 1 is 1.17 bits per heavy atom. The number of nitrogens with zero attached hydrogens (tertiary/aromatic N) is 2. The maximum absolute atomic E-state index is 12.0. The normalized spacial score (nSPS) is 12.0. The lowest BCUT2D eigenvalue weighted by molar-refractivity contribution is -0.127. The largest absolute Gasteiger partial charge is 0.481 e. The zero-order valence-electron chi connectivity index (χ0n) is 13.9. The van der Waals surface area contributed by atoms with Crippen molar-refractivity contribution in [2.45, 2.75) is 13.0 Å². The molecule has 0 bridgehead atoms. The number of carbonyl (C=O) groups excluding carboxylic acids is 1. The minimum absolute atomic E-state index is 0.328. The Labute approximate surface area is 146 Å². The number of carbonyl (C=O) groups is 1. The fourth-order valence-corrected chi connectivity index (χ4v) is 2.02. The summed E-state index contributed by atoms with van der Waals surface area (Å²) >= 11 is 5.81. The van der Waals surface area contributed by atoms with Crippen LogP contribution in [0.1, 0.15) is 12.5 Å². The van der Waals surface area contributed by atoms with Crippen LogP contribution in [-0.4, -0.2) is 32.3 Å². The third kappa shape index (κ3) is 5.28. The van der Waals surface area contributed by atoms with E-state index in [-0.39, 0.29) is 5.91 Å². The van der Waals surface area contributed by atoms with E-state index in [9.17, 15) is 4.79 Å². The average Bonchev–Trinajstić information content (AvgIpc) is 2.57. The molecule has 5 nitrogen and oxygen atoms in total. The van der Waals surface area contributed by atoms with Gasteiger partial charge in [0, 0.05) is 24.8 Å². The summed E-state index contributed by atoms with van der Waals surface area (Å²) in [5.74, 6) is 0.247. The van der Waals surface area contributed by atoms with Gasteiger partial charge in [0.05, 0.1) is 6.21 Å². The highest BCUT2D eigenvalue weighted by molar-refractivity contribution is 6.30. The lowest BCUT2D eigenvalue weighted by Gasteiger charge is -2.13. The summed E-state index contributed by atoms with van der Waals surface area (Å²) in [6, 6.07) is 14.7. The molecule has 0 aliphatic rings. The lowest BCUT2D eigenvalue weighted by Crippen LogP contribution is -2.33. The number of hydrogen-bond acceptors (Lipinski definition) is 4. The zero-order chi connectivity index (χ0) is 17.5. The van der Waals surface area contributed by atoms with E-state index < -0.39 is 6.10 Å². The molecule has 0 heterocycles. The van der Waals surface area contributed by atoms with Crippen LogP contribution in [0.2, 0.25) is 5.02 Å². The van der Waals surface area contributed by atoms with E-state index in [0.717, 1.165) is 11.3 Å². The maximum atomic E-state index is 12.0. The molecule has 0 aromatic heterocycles. The Bertz CT molecular complexity index is 697. The maximum Gasteiger partial charge on any atom is 0.280 e. The fraction of sp³-hybridized carbons (Fsp3) is 0.222. The van der Waals surface area contributed by atoms with Crippen LogP contribution in [0.15, 0.2) is 53.6 Å². The third-order valence-electron chi connectivity index (χ3n) is 3.29. The van der Waals surface area contributed by atoms with Gasteiger partial charge < -0.3 is 9.64 Å². The predicted molar refractivity (Wildman–Crippen MR) is 98.0 cm³/mol. The van der Waals surface area contributed by atoms with Crippen molar-refractivity contribution in [2.75, 3.05) is 19.0 Å². The molecule has 2 aromatic carbocycles. The van der Waals surface area contributed by atoms with Crippen LogP contribution < -0.4 is 15.1 Å². The molecule has 0 fully saturated rings. The Morgan fingerprint density at radius 3 is 2.38 bits per heavy atom. The van der Waals surface area contributed by atoms with Gasteiger partial charge in [0.2, 0.25) is 0 Å². The van der Waals surface area contributed by atoms with Crippen LogP contribution in [0, 0.1) is 0 Å². The van der Waals surface area contributed by atoms with Gasteiger partial charge in [-0.2, -0.15) is 5.10 Å². The standard InChI is InChI=1S/C18H20ClN3O2/c1-13(24-17-10-6-15(19)7-11-17)18(23)21-20-12-14-4-8-16(9-5-14)22(2)3/h4-13H,1-3H3,(H,21,23)/t13-/m1/s1. The van der Waals surface area contributed by atoms with Crippen molar-refractivity contribution in [3.8, 4) is 5.75 Å². The molecular formula is C18H20ClN3O2. The number of hydrazone groups is 1. The van der Waals surface area contributed by atoms with Crippen molar-refractivity contribution in [3.63, 3.8) is 0 Å². The molecule has 6 heteroatoms. The first-order valence-electron chi connectivity index (χ1n) is 7.48. The molecule has 0 spiro atoms. The summed E-state index contributed by atoms with van der Waals surface area (Å²) in [6.45, 7) is 1.66. The second-order valence-corrected chi connectivity index (χ2v) is 5.87. The van der Waals surface area contributed by atoms with Crippen molar-refractivity contribution in [1.29, 1.82) is 0 Å². The molecule has 0 radical (unpaired) electrons. The molecule has 1 atom stereocenters. The number of rotatable bonds is 6. The first-order valence-corrected chi connectivity index (χ1v) is 7.86. The molecule has 2 rings (SSSR count). The second kappa shape index (κ2) is 8.36. The molecule has 2 aromatic rings. The van der Waals surface area contributed by atoms with Gasteiger partial charge in [-0.05, 0) is 48.9 Å². The number of hydrogen-bond donors (Lipinski definition) is 1. The van der Waals surface area contributed by atoms with Crippen LogP contribution in [0.3, 0.4) is 0 Å². The number of anilines is 1. The molecule has 0 unspecified atom stereocenters. The molecular weight excluding hydrogens is 326 g/mol. The van der Waals surface area contributed by atoms with E-state index in [0.29, 0.717) is 10.8 Å². The molecule has 126 valence electrons. The Kier molecular flexibility index (Phi) is 6.21. The highest BCUT2D eigenvalue weighted by atomic mass is 35.5. The Morgan fingerprint density at radius 2 is 1.79 bits per heavy atom. The van der Waals surface area contributed by atoms with E-state index in [4.69, 9.17) is 16.3 Å². The third-order valence-corrected chi connectivity index (χ3v) is 3.55. The fourth-order valence-electron chi connectivity index (χ4n) is 1.89. The lowest BCUT2D eigenvalue weighted by atomic mass is 10.2. The second-order valence-electron chi connectivity index (χ2n) is 5.43. The number of halogens is 1. The van der Waals surface area contributed by atoms with Gasteiger partial charge in [0.25, 0.3) is 5.91 Å². The number of amides is 1. The van der Waals surface area contributed by atoms with E-state index in [1.54, 1.807) is 37.4 Å². The van der Waals surface area contributed by atoms with E-state index in [1.165, 1.54) is 0 Å². The van der Waals surface area contributed by atoms with Gasteiger partial charge >= 0.3 is 0 Å². The van der Waals surface area contributed by atoms with Crippen LogP contribution in [0.5, 0.6) is 5.75 Å². The van der Waals surface area contributed by atoms with E-state index >= 15 is 0 Å². The zero-order valence-corrected chi connectivity index (χ0v) is 14.6. The van der Waals surface area contributed by atoms with Crippen molar-refractivity contribution in [1.82, 2.24) is 5.43 Å². The monoisotopic (exact) mass is 345 g/mol. The molecule has 1 N–H and O–H groups in total. The highest BCUT2D eigenvalue weighted by Gasteiger charge is 2.13. The summed E-state index contributed by atoms with van der Waals surface area (Å²) in [5, 5.41) is 4.57. The summed E-state index contributed by atoms with van der Waals surface area (Å²) in [7, 11) is 3.96. The SMILES string of the molecule is C[C@@H](Oc1ccc(Cl)cc1)C(=O)NN=Cc1ccc(N(C)C)cc1. The van der Waals surface area contributed by atoms with E-state index in [2.05, 4.69) is 10.5 Å². The minimum Gasteiger partial charge on any atom is -0.481 e. The molecule has 24 heavy (non-hydrogen) atoms. The Hall–Kier alpha value is -2.53. The summed E-state index contributed by atoms with van der Waals surface area (Å²) in [4.78, 5) is 14.0. The van der Waals surface area contributed by atoms with Crippen molar-refractivity contribution in [3.05, 3.63) is 59.1 Å². The first kappa shape index (κ1) is 17.8. The topological polar surface area (TPSA) is 53.9 Å². The number of ether oxygens (including phenoxy) is 1. The summed E-state index contributed by atoms with van der Waals surface area (Å²) < 4.78 is 5.53. The van der Waals surface area contributed by atoms with Crippen molar-refractivity contribution < 1.29 is 9.53 Å². The summed E-state index contributed by atoms with van der Waals surface area (Å²) in [6.07, 6.45) is 0.922. The van der Waals surface area contributed by atoms with Crippen LogP contribution in [-0.2, 0) is 4.79 Å². The molecule has 0 saturated carbocycles. The number of nitrogens with one attached hydrogen (secondary N) is 1. The van der Waals surface area contributed by atoms with Gasteiger partial charge in [-0.3, -0.25) is 4.79 Å². The average molecular weight is 346 g/mol. The molecule has 0 aliphatic heterocycles.